The molecular formula is C26H25N3O9S5. The van der Waals surface area contributed by atoms with E-state index in [4.69, 9.17) is 21.9 Å². The van der Waals surface area contributed by atoms with Gasteiger partial charge in [0.05, 0.1) is 27.4 Å². The summed E-state index contributed by atoms with van der Waals surface area (Å²) >= 11 is 8.52. The molecule has 0 atom stereocenters. The molecule has 0 spiro atoms. The Morgan fingerprint density at radius 2 is 1.77 bits per heavy atom. The number of carboxylic acid groups (broad SMARTS) is 2. The molecule has 17 heteroatoms. The van der Waals surface area contributed by atoms with Crippen molar-refractivity contribution in [2.45, 2.75) is 31.2 Å². The number of amides is 1. The second kappa shape index (κ2) is 13.6. The number of para-hydroxylation sites is 1. The van der Waals surface area contributed by atoms with Crippen molar-refractivity contribution in [1.29, 1.82) is 0 Å². The zero-order valence-electron chi connectivity index (χ0n) is 22.5. The lowest BCUT2D eigenvalue weighted by molar-refractivity contribution is -0.140. The smallest absolute Gasteiger partial charge is 0.323 e. The number of rotatable bonds is 11. The minimum atomic E-state index is -4.10. The summed E-state index contributed by atoms with van der Waals surface area (Å²) < 4.78 is 33.2. The van der Waals surface area contributed by atoms with Crippen LogP contribution in [0.3, 0.4) is 0 Å². The molecule has 43 heavy (non-hydrogen) atoms. The molecule has 0 aliphatic carbocycles. The molecule has 1 amide bonds. The first-order chi connectivity index (χ1) is 20.3. The predicted molar refractivity (Wildman–Crippen MR) is 170 cm³/mol. The Kier molecular flexibility index (Phi) is 10.3. The number of allylic oxidation sites excluding steroid dienone is 3. The number of thiocarbonyl (C=S) groups is 1. The van der Waals surface area contributed by atoms with Crippen molar-refractivity contribution in [3.8, 4) is 0 Å². The van der Waals surface area contributed by atoms with Crippen LogP contribution in [-0.4, -0.2) is 73.7 Å². The van der Waals surface area contributed by atoms with E-state index < -0.39 is 40.1 Å². The van der Waals surface area contributed by atoms with Crippen LogP contribution in [-0.2, 0) is 31.0 Å². The van der Waals surface area contributed by atoms with Crippen molar-refractivity contribution < 1.29 is 37.6 Å². The number of carbonyl (C=O) groups is 3. The Morgan fingerprint density at radius 1 is 1.05 bits per heavy atom. The monoisotopic (exact) mass is 683 g/mol. The summed E-state index contributed by atoms with van der Waals surface area (Å²) in [7, 11) is -4.10. The number of hydrogen-bond acceptors (Lipinski definition) is 11. The maximum Gasteiger partial charge on any atom is 0.323 e. The molecule has 4 rings (SSSR count). The molecule has 2 aliphatic rings. The van der Waals surface area contributed by atoms with Crippen LogP contribution in [0.15, 0.2) is 57.2 Å². The fourth-order valence-corrected chi connectivity index (χ4v) is 8.35. The minimum Gasteiger partial charge on any atom is -0.481 e. The van der Waals surface area contributed by atoms with Crippen LogP contribution in [0, 0.1) is 0 Å². The summed E-state index contributed by atoms with van der Waals surface area (Å²) in [5, 5.41) is 19.2. The zero-order valence-corrected chi connectivity index (χ0v) is 26.5. The molecule has 0 unspecified atom stereocenters. The lowest BCUT2D eigenvalue weighted by atomic mass is 10.2. The Labute approximate surface area is 263 Å². The average molecular weight is 684 g/mol. The highest BCUT2D eigenvalue weighted by atomic mass is 32.2. The standard InChI is InChI=1S/C26H25N3O9S5/c1-15(6-4-9-18-27(11-5-13-43(36,37)38)16-7-2-3-8-17(16)40-18)21-23(34)28(12-10-19(30)31)25(41-21)22-24(35)29(14-20(32)33)26(39)42-22/h2-4,6-9H,5,10-14H2,1H3,(H,30,31)(H,32,33)(H,36,37,38)/b6-4+,18-9+,21-15-,25-22-. The highest BCUT2D eigenvalue weighted by Gasteiger charge is 2.35. The highest BCUT2D eigenvalue weighted by molar-refractivity contribution is 8.30. The van der Waals surface area contributed by atoms with Crippen LogP contribution in [0.2, 0.25) is 0 Å². The second-order valence-electron chi connectivity index (χ2n) is 9.23. The van der Waals surface area contributed by atoms with Crippen molar-refractivity contribution in [3.63, 3.8) is 0 Å². The van der Waals surface area contributed by atoms with Crippen molar-refractivity contribution in [1.82, 2.24) is 9.47 Å². The number of thiazole rings is 1. The van der Waals surface area contributed by atoms with E-state index in [9.17, 15) is 32.7 Å². The van der Waals surface area contributed by atoms with Crippen LogP contribution >= 0.6 is 47.1 Å². The Balaban J connectivity index is 1.72. The molecule has 1 aromatic carbocycles. The summed E-state index contributed by atoms with van der Waals surface area (Å²) in [6.07, 6.45) is 5.07. The first-order valence-corrected chi connectivity index (χ1v) is 17.0. The van der Waals surface area contributed by atoms with Gasteiger partial charge in [0.15, 0.2) is 0 Å². The van der Waals surface area contributed by atoms with Gasteiger partial charge in [0.1, 0.15) is 20.4 Å². The van der Waals surface area contributed by atoms with Crippen molar-refractivity contribution in [3.05, 3.63) is 67.1 Å². The van der Waals surface area contributed by atoms with Crippen LogP contribution in [0.1, 0.15) is 19.8 Å². The van der Waals surface area contributed by atoms with E-state index in [1.54, 1.807) is 19.1 Å². The number of hydrogen-bond donors (Lipinski definition) is 3. The molecule has 1 saturated heterocycles. The third-order valence-electron chi connectivity index (χ3n) is 6.13. The molecule has 1 fully saturated rings. The fraction of sp³-hybridized carbons (Fsp3) is 0.269. The summed E-state index contributed by atoms with van der Waals surface area (Å²) in [6, 6.07) is 7.61. The van der Waals surface area contributed by atoms with E-state index in [0.29, 0.717) is 12.1 Å². The molecule has 1 aromatic heterocycles. The van der Waals surface area contributed by atoms with Gasteiger partial charge in [-0.15, -0.1) is 11.3 Å². The number of thioether (sulfide) groups is 2. The van der Waals surface area contributed by atoms with Gasteiger partial charge in [-0.1, -0.05) is 60.0 Å². The number of benzene rings is 1. The van der Waals surface area contributed by atoms with E-state index in [-0.39, 0.29) is 43.6 Å². The molecule has 2 aromatic rings. The molecular weight excluding hydrogens is 659 g/mol. The first kappa shape index (κ1) is 32.7. The van der Waals surface area contributed by atoms with Gasteiger partial charge >= 0.3 is 11.9 Å². The quantitative estimate of drug-likeness (QED) is 0.232. The number of nitrogens with zero attached hydrogens (tertiary/aromatic N) is 3. The number of aliphatic carboxylic acids is 2. The van der Waals surface area contributed by atoms with Gasteiger partial charge in [0, 0.05) is 18.0 Å². The van der Waals surface area contributed by atoms with E-state index >= 15 is 0 Å². The second-order valence-corrected chi connectivity index (χ2v) is 14.5. The molecule has 0 radical (unpaired) electrons. The van der Waals surface area contributed by atoms with Crippen molar-refractivity contribution in [2.24, 2.45) is 0 Å². The summed E-state index contributed by atoms with van der Waals surface area (Å²) in [5.74, 6) is -3.43. The SMILES string of the molecule is CC(/C=C/C=C1/Sc2ccccc2N1CCCS(=O)(=O)O)=c1/s/c(=C2\SC(=S)N(CC(=O)O)C2=O)n(CCC(=O)O)c1=O. The molecule has 12 nitrogen and oxygen atoms in total. The largest absolute Gasteiger partial charge is 0.481 e. The van der Waals surface area contributed by atoms with E-state index in [1.807, 2.05) is 35.2 Å². The minimum absolute atomic E-state index is 0.0259. The topological polar surface area (TPSA) is 175 Å². The van der Waals surface area contributed by atoms with E-state index in [1.165, 1.54) is 16.3 Å². The van der Waals surface area contributed by atoms with Gasteiger partial charge in [-0.05, 0) is 37.1 Å². The molecule has 3 heterocycles. The van der Waals surface area contributed by atoms with Crippen LogP contribution in [0.4, 0.5) is 5.69 Å². The lowest BCUT2D eigenvalue weighted by Crippen LogP contribution is -2.36. The number of carboxylic acids is 2. The van der Waals surface area contributed by atoms with Crippen LogP contribution in [0.5, 0.6) is 0 Å². The third-order valence-corrected chi connectivity index (χ3v) is 11.0. The predicted octanol–water partition coefficient (Wildman–Crippen LogP) is 1.90. The molecule has 228 valence electrons. The summed E-state index contributed by atoms with van der Waals surface area (Å²) in [6.45, 7) is 1.21. The average Bonchev–Trinajstić information content (AvgIpc) is 3.53. The Morgan fingerprint density at radius 3 is 2.44 bits per heavy atom. The third kappa shape index (κ3) is 7.84. The number of aromatic nitrogens is 1. The van der Waals surface area contributed by atoms with Gasteiger partial charge in [-0.2, -0.15) is 8.42 Å². The highest BCUT2D eigenvalue weighted by Crippen LogP contribution is 2.45. The van der Waals surface area contributed by atoms with Gasteiger partial charge in [-0.25, -0.2) is 0 Å². The fourth-order valence-electron chi connectivity index (χ4n) is 4.20. The van der Waals surface area contributed by atoms with Gasteiger partial charge in [0.25, 0.3) is 21.6 Å². The maximum atomic E-state index is 13.4. The normalized spacial score (nSPS) is 18.2. The molecule has 3 N–H and O–H groups in total. The number of fused-ring (bicyclic) bond motifs is 1. The number of anilines is 1. The Bertz CT molecular complexity index is 1860. The number of carbonyl (C=O) groups excluding carboxylic acids is 1. The molecule has 0 bridgehead atoms. The van der Waals surface area contributed by atoms with E-state index in [2.05, 4.69) is 0 Å². The summed E-state index contributed by atoms with van der Waals surface area (Å²) in [4.78, 5) is 52.8. The first-order valence-electron chi connectivity index (χ1n) is 12.6. The van der Waals surface area contributed by atoms with Crippen molar-refractivity contribution >= 4 is 95.5 Å². The summed E-state index contributed by atoms with van der Waals surface area (Å²) in [5.41, 5.74) is 0.952. The van der Waals surface area contributed by atoms with E-state index in [0.717, 1.165) is 43.6 Å². The molecule has 0 saturated carbocycles. The van der Waals surface area contributed by atoms with Crippen LogP contribution < -0.4 is 19.7 Å². The molecule has 2 aliphatic heterocycles. The van der Waals surface area contributed by atoms with Gasteiger partial charge in [0.2, 0.25) is 0 Å². The lowest BCUT2D eigenvalue weighted by Gasteiger charge is -2.19. The van der Waals surface area contributed by atoms with Crippen molar-refractivity contribution in [2.75, 3.05) is 23.7 Å². The van der Waals surface area contributed by atoms with Gasteiger partial charge < -0.3 is 15.1 Å². The van der Waals surface area contributed by atoms with Gasteiger partial charge in [-0.3, -0.25) is 33.2 Å². The zero-order chi connectivity index (χ0) is 31.5. The maximum absolute atomic E-state index is 13.4. The Hall–Kier alpha value is -3.22. The van der Waals surface area contributed by atoms with Crippen LogP contribution in [0.25, 0.3) is 10.5 Å².